The van der Waals surface area contributed by atoms with Gasteiger partial charge in [-0.3, -0.25) is 9.28 Å². The third-order valence-electron chi connectivity index (χ3n) is 6.94. The lowest BCUT2D eigenvalue weighted by atomic mass is 9.87. The minimum absolute atomic E-state index is 0. The minimum atomic E-state index is -0.0371. The Labute approximate surface area is 199 Å². The average molecular weight is 454 g/mol. The molecule has 2 atom stereocenters. The number of hydrogen-bond donors (Lipinski definition) is 0. The third kappa shape index (κ3) is 5.44. The lowest BCUT2D eigenvalue weighted by Gasteiger charge is -2.38. The summed E-state index contributed by atoms with van der Waals surface area (Å²) in [7, 11) is 2.24. The maximum atomic E-state index is 12.3. The number of nitrogens with zero attached hydrogens (tertiary/aromatic N) is 1. The van der Waals surface area contributed by atoms with Crippen molar-refractivity contribution in [2.75, 3.05) is 26.9 Å². The highest BCUT2D eigenvalue weighted by Crippen LogP contribution is 2.49. The number of carbonyl (C=O) groups excluding carboxylic acids is 1. The van der Waals surface area contributed by atoms with E-state index in [-0.39, 0.29) is 18.4 Å². The number of rotatable bonds is 9. The van der Waals surface area contributed by atoms with Crippen molar-refractivity contribution in [2.24, 2.45) is 0 Å². The van der Waals surface area contributed by atoms with E-state index in [1.165, 1.54) is 47.1 Å². The predicted octanol–water partition coefficient (Wildman–Crippen LogP) is 3.30. The van der Waals surface area contributed by atoms with Gasteiger partial charge >= 0.3 is 5.97 Å². The Morgan fingerprint density at radius 1 is 1.00 bits per heavy atom. The van der Waals surface area contributed by atoms with Crippen LogP contribution >= 0.6 is 0 Å². The Balaban J connectivity index is 0.00000289. The van der Waals surface area contributed by atoms with Crippen LogP contribution in [0.4, 0.5) is 0 Å². The number of quaternary nitrogens is 1. The fraction of sp³-hybridized carbons (Fsp3) is 0.464. The summed E-state index contributed by atoms with van der Waals surface area (Å²) >= 11 is 0. The summed E-state index contributed by atoms with van der Waals surface area (Å²) in [6, 6.07) is 19.7. The zero-order valence-corrected chi connectivity index (χ0v) is 20.2. The van der Waals surface area contributed by atoms with Gasteiger partial charge in [-0.1, -0.05) is 87.2 Å². The van der Waals surface area contributed by atoms with Crippen LogP contribution in [-0.4, -0.2) is 37.3 Å². The van der Waals surface area contributed by atoms with Crippen molar-refractivity contribution in [3.05, 3.63) is 76.9 Å². The second-order valence-corrected chi connectivity index (χ2v) is 9.50. The summed E-state index contributed by atoms with van der Waals surface area (Å²) in [6.07, 6.45) is 7.37. The first-order valence-corrected chi connectivity index (χ1v) is 12.0. The SMILES string of the molecule is CCCCCCCC(=O)OC[N+]1(C)CCC2=C(C1)C(c1ccccc1)c1ccccc12.[Cl-]. The highest BCUT2D eigenvalue weighted by atomic mass is 35.5. The highest BCUT2D eigenvalue weighted by molar-refractivity contribution is 5.80. The number of likely N-dealkylation sites (N-methyl/N-ethyl adjacent to an activating group) is 1. The number of fused-ring (bicyclic) bond motifs is 2. The molecule has 32 heavy (non-hydrogen) atoms. The zero-order chi connectivity index (χ0) is 21.7. The van der Waals surface area contributed by atoms with Crippen LogP contribution in [-0.2, 0) is 9.53 Å². The van der Waals surface area contributed by atoms with Gasteiger partial charge in [0.1, 0.15) is 6.54 Å². The van der Waals surface area contributed by atoms with Gasteiger partial charge in [-0.25, -0.2) is 0 Å². The molecule has 1 aliphatic carbocycles. The van der Waals surface area contributed by atoms with Gasteiger partial charge in [-0.05, 0) is 34.3 Å². The molecule has 2 aromatic rings. The number of carbonyl (C=O) groups is 1. The molecule has 0 aromatic heterocycles. The predicted molar refractivity (Wildman–Crippen MR) is 127 cm³/mol. The molecule has 0 radical (unpaired) electrons. The fourth-order valence-corrected chi connectivity index (χ4v) is 5.22. The van der Waals surface area contributed by atoms with Crippen molar-refractivity contribution in [3.8, 4) is 0 Å². The van der Waals surface area contributed by atoms with Crippen molar-refractivity contribution in [3.63, 3.8) is 0 Å². The first-order valence-electron chi connectivity index (χ1n) is 12.0. The van der Waals surface area contributed by atoms with Gasteiger partial charge < -0.3 is 17.1 Å². The molecule has 0 saturated carbocycles. The van der Waals surface area contributed by atoms with Gasteiger partial charge in [-0.15, -0.1) is 0 Å². The van der Waals surface area contributed by atoms with Crippen LogP contribution < -0.4 is 12.4 Å². The second kappa shape index (κ2) is 11.2. The lowest BCUT2D eigenvalue weighted by Crippen LogP contribution is -3.00. The second-order valence-electron chi connectivity index (χ2n) is 9.50. The van der Waals surface area contributed by atoms with Gasteiger partial charge in [0.2, 0.25) is 6.73 Å². The summed E-state index contributed by atoms with van der Waals surface area (Å²) in [5, 5.41) is 0. The largest absolute Gasteiger partial charge is 1.00 e. The van der Waals surface area contributed by atoms with Crippen LogP contribution in [0.25, 0.3) is 5.57 Å². The van der Waals surface area contributed by atoms with Crippen LogP contribution in [0, 0.1) is 0 Å². The van der Waals surface area contributed by atoms with E-state index >= 15 is 0 Å². The van der Waals surface area contributed by atoms with E-state index in [0.29, 0.717) is 19.1 Å². The molecule has 2 aliphatic rings. The van der Waals surface area contributed by atoms with Crippen molar-refractivity contribution >= 4 is 11.5 Å². The summed E-state index contributed by atoms with van der Waals surface area (Å²) in [5.41, 5.74) is 7.23. The third-order valence-corrected chi connectivity index (χ3v) is 6.94. The summed E-state index contributed by atoms with van der Waals surface area (Å²) in [4.78, 5) is 12.3. The average Bonchev–Trinajstić information content (AvgIpc) is 3.11. The van der Waals surface area contributed by atoms with Crippen LogP contribution in [0.2, 0.25) is 0 Å². The maximum Gasteiger partial charge on any atom is 0.310 e. The van der Waals surface area contributed by atoms with Gasteiger partial charge in [0.05, 0.1) is 13.6 Å². The van der Waals surface area contributed by atoms with Gasteiger partial charge in [0.15, 0.2) is 0 Å². The number of halogens is 1. The standard InChI is InChI=1S/C28H36NO2.ClH/c1-3-4-5-6-10-17-27(30)31-21-29(2)19-18-24-23-15-11-12-16-25(23)28(26(24)20-29)22-13-8-7-9-14-22;/h7-9,11-16,28H,3-6,10,17-21H2,1-2H3;1H/q+1;/p-1. The summed E-state index contributed by atoms with van der Waals surface area (Å²) < 4.78 is 6.54. The highest BCUT2D eigenvalue weighted by Gasteiger charge is 2.41. The van der Waals surface area contributed by atoms with Gasteiger partial charge in [0.25, 0.3) is 0 Å². The lowest BCUT2D eigenvalue weighted by molar-refractivity contribution is -0.922. The quantitative estimate of drug-likeness (QED) is 0.331. The van der Waals surface area contributed by atoms with E-state index in [0.717, 1.165) is 36.8 Å². The molecule has 1 heterocycles. The molecule has 4 rings (SSSR count). The van der Waals surface area contributed by atoms with Crippen molar-refractivity contribution < 1.29 is 26.4 Å². The zero-order valence-electron chi connectivity index (χ0n) is 19.5. The normalized spacial score (nSPS) is 21.5. The van der Waals surface area contributed by atoms with Crippen molar-refractivity contribution in [2.45, 2.75) is 57.8 Å². The van der Waals surface area contributed by atoms with Crippen LogP contribution in [0.5, 0.6) is 0 Å². The number of hydrogen-bond acceptors (Lipinski definition) is 2. The molecule has 0 amide bonds. The summed E-state index contributed by atoms with van der Waals surface area (Å²) in [5.74, 6) is 0.282. The van der Waals surface area contributed by atoms with E-state index < -0.39 is 0 Å². The first kappa shape index (κ1) is 24.5. The van der Waals surface area contributed by atoms with Crippen LogP contribution in [0.3, 0.4) is 0 Å². The maximum absolute atomic E-state index is 12.3. The molecule has 2 unspecified atom stereocenters. The number of ether oxygens (including phenoxy) is 1. The van der Waals surface area contributed by atoms with Crippen LogP contribution in [0.15, 0.2) is 60.2 Å². The smallest absolute Gasteiger partial charge is 0.310 e. The molecule has 0 saturated heterocycles. The monoisotopic (exact) mass is 453 g/mol. The van der Waals surface area contributed by atoms with E-state index in [4.69, 9.17) is 4.74 Å². The van der Waals surface area contributed by atoms with E-state index in [2.05, 4.69) is 68.6 Å². The molecule has 0 fully saturated rings. The molecule has 172 valence electrons. The molecule has 2 aromatic carbocycles. The Morgan fingerprint density at radius 2 is 1.72 bits per heavy atom. The molecular weight excluding hydrogens is 418 g/mol. The molecular formula is C28H36ClNO2. The molecule has 1 aliphatic heterocycles. The topological polar surface area (TPSA) is 26.3 Å². The first-order chi connectivity index (χ1) is 15.1. The fourth-order valence-electron chi connectivity index (χ4n) is 5.22. The number of benzene rings is 2. The van der Waals surface area contributed by atoms with Gasteiger partial charge in [-0.2, -0.15) is 0 Å². The Hall–Kier alpha value is -2.10. The molecule has 0 spiro atoms. The van der Waals surface area contributed by atoms with E-state index in [1.54, 1.807) is 0 Å². The number of esters is 1. The van der Waals surface area contributed by atoms with E-state index in [1.807, 2.05) is 0 Å². The summed E-state index contributed by atoms with van der Waals surface area (Å²) in [6.45, 7) is 4.64. The Bertz CT molecular complexity index is 939. The molecule has 0 N–H and O–H groups in total. The number of unbranched alkanes of at least 4 members (excludes halogenated alkanes) is 4. The van der Waals surface area contributed by atoms with Crippen molar-refractivity contribution in [1.82, 2.24) is 0 Å². The minimum Gasteiger partial charge on any atom is -1.00 e. The molecule has 4 heteroatoms. The van der Waals surface area contributed by atoms with Gasteiger partial charge in [0, 0.05) is 18.8 Å². The van der Waals surface area contributed by atoms with Crippen molar-refractivity contribution in [1.29, 1.82) is 0 Å². The molecule has 0 bridgehead atoms. The van der Waals surface area contributed by atoms with E-state index in [9.17, 15) is 4.79 Å². The Kier molecular flexibility index (Phi) is 8.56. The Morgan fingerprint density at radius 3 is 2.50 bits per heavy atom. The van der Waals surface area contributed by atoms with Crippen LogP contribution in [0.1, 0.15) is 74.5 Å². The molecule has 3 nitrogen and oxygen atoms in total.